The Morgan fingerprint density at radius 1 is 1.12 bits per heavy atom. The third-order valence-electron chi connectivity index (χ3n) is 2.78. The lowest BCUT2D eigenvalue weighted by Gasteiger charge is -2.03. The normalized spacial score (nSPS) is 10.2. The van der Waals surface area contributed by atoms with Gasteiger partial charge in [-0.05, 0) is 31.0 Å². The molecule has 2 nitrogen and oxygen atoms in total. The minimum absolute atomic E-state index is 0.0538. The average Bonchev–Trinajstić information content (AvgIpc) is 2.38. The molecule has 0 atom stereocenters. The van der Waals surface area contributed by atoms with Gasteiger partial charge in [0.25, 0.3) is 0 Å². The van der Waals surface area contributed by atoms with Crippen LogP contribution in [0.4, 0.5) is 0 Å². The fraction of sp³-hybridized carbons (Fsp3) is 0.200. The largest absolute Gasteiger partial charge is 0.289 e. The first-order chi connectivity index (χ1) is 8.20. The highest BCUT2D eigenvalue weighted by atomic mass is 16.1. The Labute approximate surface area is 101 Å². The summed E-state index contributed by atoms with van der Waals surface area (Å²) in [5.41, 5.74) is 3.53. The van der Waals surface area contributed by atoms with E-state index in [1.54, 1.807) is 12.3 Å². The van der Waals surface area contributed by atoms with Crippen LogP contribution in [0.25, 0.3) is 0 Å². The number of aromatic nitrogens is 1. The third kappa shape index (κ3) is 2.59. The second-order valence-electron chi connectivity index (χ2n) is 4.07. The monoisotopic (exact) mass is 225 g/mol. The van der Waals surface area contributed by atoms with Crippen LogP contribution < -0.4 is 0 Å². The number of pyridine rings is 1. The van der Waals surface area contributed by atoms with Crippen molar-refractivity contribution >= 4 is 5.78 Å². The van der Waals surface area contributed by atoms with Crippen molar-refractivity contribution in [1.29, 1.82) is 0 Å². The van der Waals surface area contributed by atoms with E-state index in [-0.39, 0.29) is 5.78 Å². The minimum atomic E-state index is 0.0538. The van der Waals surface area contributed by atoms with E-state index >= 15 is 0 Å². The van der Waals surface area contributed by atoms with Crippen LogP contribution in [0.3, 0.4) is 0 Å². The van der Waals surface area contributed by atoms with E-state index in [9.17, 15) is 4.79 Å². The highest BCUT2D eigenvalue weighted by Crippen LogP contribution is 2.11. The Morgan fingerprint density at radius 2 is 1.82 bits per heavy atom. The van der Waals surface area contributed by atoms with Crippen LogP contribution in [0, 0.1) is 6.92 Å². The predicted octanol–water partition coefficient (Wildman–Crippen LogP) is 3.18. The molecule has 0 aliphatic carbocycles. The molecule has 0 aliphatic heterocycles. The maximum absolute atomic E-state index is 12.2. The molecular weight excluding hydrogens is 210 g/mol. The first kappa shape index (κ1) is 11.5. The molecule has 2 heteroatoms. The van der Waals surface area contributed by atoms with E-state index in [0.717, 1.165) is 17.7 Å². The fourth-order valence-electron chi connectivity index (χ4n) is 1.75. The molecule has 2 aromatic rings. The Balaban J connectivity index is 2.30. The lowest BCUT2D eigenvalue weighted by molar-refractivity contribution is 0.103. The van der Waals surface area contributed by atoms with Crippen molar-refractivity contribution in [2.45, 2.75) is 20.3 Å². The van der Waals surface area contributed by atoms with Gasteiger partial charge in [-0.1, -0.05) is 31.2 Å². The zero-order chi connectivity index (χ0) is 12.3. The Bertz CT molecular complexity index is 529. The fourth-order valence-corrected chi connectivity index (χ4v) is 1.75. The van der Waals surface area contributed by atoms with Crippen molar-refractivity contribution in [3.63, 3.8) is 0 Å². The molecule has 17 heavy (non-hydrogen) atoms. The smallest absolute Gasteiger partial charge is 0.193 e. The first-order valence-corrected chi connectivity index (χ1v) is 5.77. The van der Waals surface area contributed by atoms with Crippen molar-refractivity contribution in [3.05, 3.63) is 65.0 Å². The summed E-state index contributed by atoms with van der Waals surface area (Å²) in [6.07, 6.45) is 2.66. The predicted molar refractivity (Wildman–Crippen MR) is 68.2 cm³/mol. The highest BCUT2D eigenvalue weighted by molar-refractivity contribution is 6.08. The van der Waals surface area contributed by atoms with Crippen molar-refractivity contribution in [3.8, 4) is 0 Å². The van der Waals surface area contributed by atoms with Crippen LogP contribution in [0.2, 0.25) is 0 Å². The highest BCUT2D eigenvalue weighted by Gasteiger charge is 2.08. The van der Waals surface area contributed by atoms with E-state index in [1.165, 1.54) is 5.56 Å². The minimum Gasteiger partial charge on any atom is -0.289 e. The van der Waals surface area contributed by atoms with E-state index in [2.05, 4.69) is 11.9 Å². The molecule has 0 saturated carbocycles. The number of hydrogen-bond donors (Lipinski definition) is 0. The van der Waals surface area contributed by atoms with Crippen LogP contribution >= 0.6 is 0 Å². The molecule has 0 unspecified atom stereocenters. The summed E-state index contributed by atoms with van der Waals surface area (Å²) < 4.78 is 0. The Morgan fingerprint density at radius 3 is 2.41 bits per heavy atom. The third-order valence-corrected chi connectivity index (χ3v) is 2.78. The van der Waals surface area contributed by atoms with Crippen LogP contribution in [-0.4, -0.2) is 10.8 Å². The van der Waals surface area contributed by atoms with Crippen molar-refractivity contribution < 1.29 is 4.79 Å². The van der Waals surface area contributed by atoms with Crippen molar-refractivity contribution in [2.75, 3.05) is 0 Å². The number of hydrogen-bond acceptors (Lipinski definition) is 2. The van der Waals surface area contributed by atoms with E-state index in [1.807, 2.05) is 37.3 Å². The maximum atomic E-state index is 12.2. The lowest BCUT2D eigenvalue weighted by atomic mass is 10.0. The molecule has 0 fully saturated rings. The van der Waals surface area contributed by atoms with Crippen LogP contribution in [0.1, 0.15) is 34.1 Å². The van der Waals surface area contributed by atoms with Crippen LogP contribution in [-0.2, 0) is 6.42 Å². The van der Waals surface area contributed by atoms with Gasteiger partial charge >= 0.3 is 0 Å². The van der Waals surface area contributed by atoms with Crippen LogP contribution in [0.5, 0.6) is 0 Å². The van der Waals surface area contributed by atoms with Gasteiger partial charge in [-0.2, -0.15) is 0 Å². The SMILES string of the molecule is CCc1ccc(C(=O)c2ccnc(C)c2)cc1. The molecule has 0 saturated heterocycles. The number of ketones is 1. The summed E-state index contributed by atoms with van der Waals surface area (Å²) in [5.74, 6) is 0.0538. The number of benzene rings is 1. The van der Waals surface area contributed by atoms with Gasteiger partial charge in [0.1, 0.15) is 0 Å². The van der Waals surface area contributed by atoms with Gasteiger partial charge in [0.2, 0.25) is 0 Å². The van der Waals surface area contributed by atoms with Gasteiger partial charge in [-0.15, -0.1) is 0 Å². The van der Waals surface area contributed by atoms with Crippen LogP contribution in [0.15, 0.2) is 42.6 Å². The summed E-state index contributed by atoms with van der Waals surface area (Å²) in [4.78, 5) is 16.3. The molecule has 86 valence electrons. The van der Waals surface area contributed by atoms with Gasteiger partial charge < -0.3 is 0 Å². The zero-order valence-electron chi connectivity index (χ0n) is 10.1. The number of carbonyl (C=O) groups is 1. The molecule has 0 N–H and O–H groups in total. The quantitative estimate of drug-likeness (QED) is 0.751. The number of nitrogens with zero attached hydrogens (tertiary/aromatic N) is 1. The summed E-state index contributed by atoms with van der Waals surface area (Å²) >= 11 is 0. The van der Waals surface area contributed by atoms with E-state index in [0.29, 0.717) is 5.56 Å². The summed E-state index contributed by atoms with van der Waals surface area (Å²) in [7, 11) is 0. The van der Waals surface area contributed by atoms with Gasteiger partial charge in [0, 0.05) is 23.0 Å². The van der Waals surface area contributed by atoms with Gasteiger partial charge in [-0.3, -0.25) is 9.78 Å². The molecule has 0 aliphatic rings. The Kier molecular flexibility index (Phi) is 3.33. The molecular formula is C15H15NO. The topological polar surface area (TPSA) is 30.0 Å². The molecule has 2 rings (SSSR count). The van der Waals surface area contributed by atoms with Gasteiger partial charge in [0.05, 0.1) is 0 Å². The number of rotatable bonds is 3. The summed E-state index contributed by atoms with van der Waals surface area (Å²) in [6, 6.07) is 11.3. The molecule has 1 aromatic heterocycles. The van der Waals surface area contributed by atoms with E-state index < -0.39 is 0 Å². The first-order valence-electron chi connectivity index (χ1n) is 5.77. The average molecular weight is 225 g/mol. The maximum Gasteiger partial charge on any atom is 0.193 e. The van der Waals surface area contributed by atoms with Crippen molar-refractivity contribution in [1.82, 2.24) is 4.98 Å². The molecule has 1 heterocycles. The van der Waals surface area contributed by atoms with Gasteiger partial charge in [0.15, 0.2) is 5.78 Å². The summed E-state index contributed by atoms with van der Waals surface area (Å²) in [5, 5.41) is 0. The molecule has 0 bridgehead atoms. The van der Waals surface area contributed by atoms with Gasteiger partial charge in [-0.25, -0.2) is 0 Å². The molecule has 0 amide bonds. The number of carbonyl (C=O) groups excluding carboxylic acids is 1. The molecule has 0 spiro atoms. The molecule has 1 aromatic carbocycles. The second-order valence-corrected chi connectivity index (χ2v) is 4.07. The Hall–Kier alpha value is -1.96. The second kappa shape index (κ2) is 4.91. The zero-order valence-corrected chi connectivity index (χ0v) is 10.1. The lowest BCUT2D eigenvalue weighted by Crippen LogP contribution is -2.02. The standard InChI is InChI=1S/C15H15NO/c1-3-12-4-6-13(7-5-12)15(17)14-8-9-16-11(2)10-14/h4-10H,3H2,1-2H3. The molecule has 0 radical (unpaired) electrons. The van der Waals surface area contributed by atoms with Crippen molar-refractivity contribution in [2.24, 2.45) is 0 Å². The van der Waals surface area contributed by atoms with E-state index in [4.69, 9.17) is 0 Å². The number of aryl methyl sites for hydroxylation is 2. The summed E-state index contributed by atoms with van der Waals surface area (Å²) in [6.45, 7) is 3.99.